The summed E-state index contributed by atoms with van der Waals surface area (Å²) in [6, 6.07) is 0.305. The Labute approximate surface area is 106 Å². The third kappa shape index (κ3) is 3.25. The van der Waals surface area contributed by atoms with Crippen LogP contribution >= 0.6 is 0 Å². The van der Waals surface area contributed by atoms with Crippen LogP contribution in [-0.4, -0.2) is 46.0 Å². The molecule has 0 bridgehead atoms. The number of likely N-dealkylation sites (tertiary alicyclic amines) is 1. The molecule has 0 spiro atoms. The zero-order valence-corrected chi connectivity index (χ0v) is 10.9. The topological polar surface area (TPSA) is 34.0 Å². The number of rotatable bonds is 4. The predicted octanol–water partition coefficient (Wildman–Crippen LogP) is 2.30. The number of piperidine rings is 1. The molecular formula is C12H20F2N4. The van der Waals surface area contributed by atoms with E-state index in [1.807, 2.05) is 15.8 Å². The first-order valence-electron chi connectivity index (χ1n) is 6.48. The summed E-state index contributed by atoms with van der Waals surface area (Å²) >= 11 is 0. The van der Waals surface area contributed by atoms with Crippen molar-refractivity contribution in [1.82, 2.24) is 19.9 Å². The van der Waals surface area contributed by atoms with Crippen molar-refractivity contribution < 1.29 is 8.78 Å². The summed E-state index contributed by atoms with van der Waals surface area (Å²) < 4.78 is 26.4. The summed E-state index contributed by atoms with van der Waals surface area (Å²) in [6.45, 7) is 5.48. The fourth-order valence-corrected chi connectivity index (χ4v) is 2.30. The maximum atomic E-state index is 12.3. The van der Waals surface area contributed by atoms with Crippen LogP contribution in [0.25, 0.3) is 0 Å². The Balaban J connectivity index is 1.88. The summed E-state index contributed by atoms with van der Waals surface area (Å²) in [4.78, 5) is 1.82. The van der Waals surface area contributed by atoms with Crippen molar-refractivity contribution in [2.45, 2.75) is 45.1 Å². The highest BCUT2D eigenvalue weighted by Crippen LogP contribution is 2.23. The van der Waals surface area contributed by atoms with E-state index in [-0.39, 0.29) is 6.54 Å². The second-order valence-corrected chi connectivity index (χ2v) is 5.20. The Morgan fingerprint density at radius 2 is 2.00 bits per heavy atom. The average molecular weight is 258 g/mol. The van der Waals surface area contributed by atoms with Gasteiger partial charge in [-0.05, 0) is 18.8 Å². The molecule has 1 aromatic rings. The van der Waals surface area contributed by atoms with E-state index in [9.17, 15) is 8.78 Å². The molecule has 0 saturated carbocycles. The van der Waals surface area contributed by atoms with E-state index in [0.717, 1.165) is 18.5 Å². The van der Waals surface area contributed by atoms with E-state index in [2.05, 4.69) is 24.2 Å². The van der Waals surface area contributed by atoms with Crippen molar-refractivity contribution in [3.63, 3.8) is 0 Å². The van der Waals surface area contributed by atoms with Crippen molar-refractivity contribution in [3.8, 4) is 0 Å². The molecule has 0 amide bonds. The van der Waals surface area contributed by atoms with Crippen molar-refractivity contribution in [1.29, 1.82) is 0 Å². The molecule has 0 aromatic carbocycles. The summed E-state index contributed by atoms with van der Waals surface area (Å²) in [5.74, 6) is 0.373. The Morgan fingerprint density at radius 1 is 1.33 bits per heavy atom. The molecule has 1 saturated heterocycles. The standard InChI is InChI=1S/C12H20F2N4/c1-9(2)11-7-18(16-15-11)10-3-5-17(6-4-10)8-12(13)14/h7,9-10,12H,3-6,8H2,1-2H3. The van der Waals surface area contributed by atoms with Crippen LogP contribution in [0.15, 0.2) is 6.20 Å². The molecule has 4 nitrogen and oxygen atoms in total. The molecule has 0 unspecified atom stereocenters. The summed E-state index contributed by atoms with van der Waals surface area (Å²) in [5, 5.41) is 8.28. The monoisotopic (exact) mass is 258 g/mol. The first kappa shape index (κ1) is 13.4. The number of hydrogen-bond acceptors (Lipinski definition) is 3. The highest BCUT2D eigenvalue weighted by Gasteiger charge is 2.23. The second kappa shape index (κ2) is 5.73. The molecule has 0 atom stereocenters. The molecule has 0 N–H and O–H groups in total. The van der Waals surface area contributed by atoms with Gasteiger partial charge in [-0.2, -0.15) is 0 Å². The fraction of sp³-hybridized carbons (Fsp3) is 0.833. The molecule has 1 aromatic heterocycles. The Kier molecular flexibility index (Phi) is 4.27. The Hall–Kier alpha value is -1.04. The van der Waals surface area contributed by atoms with E-state index in [1.165, 1.54) is 0 Å². The van der Waals surface area contributed by atoms with Gasteiger partial charge < -0.3 is 0 Å². The zero-order valence-electron chi connectivity index (χ0n) is 10.9. The third-order valence-electron chi connectivity index (χ3n) is 3.45. The SMILES string of the molecule is CC(C)c1cn(C2CCN(CC(F)F)CC2)nn1. The molecular weight excluding hydrogens is 238 g/mol. The highest BCUT2D eigenvalue weighted by atomic mass is 19.3. The van der Waals surface area contributed by atoms with Gasteiger partial charge in [-0.3, -0.25) is 4.90 Å². The minimum absolute atomic E-state index is 0.110. The van der Waals surface area contributed by atoms with Gasteiger partial charge in [0.25, 0.3) is 6.43 Å². The molecule has 1 fully saturated rings. The van der Waals surface area contributed by atoms with Crippen LogP contribution in [-0.2, 0) is 0 Å². The molecule has 1 aliphatic heterocycles. The molecule has 1 aliphatic rings. The molecule has 0 radical (unpaired) electrons. The Bertz CT molecular complexity index is 370. The van der Waals surface area contributed by atoms with E-state index in [0.29, 0.717) is 25.0 Å². The maximum Gasteiger partial charge on any atom is 0.251 e. The highest BCUT2D eigenvalue weighted by molar-refractivity contribution is 4.99. The average Bonchev–Trinajstić information content (AvgIpc) is 2.78. The quantitative estimate of drug-likeness (QED) is 0.831. The largest absolute Gasteiger partial charge is 0.298 e. The summed E-state index contributed by atoms with van der Waals surface area (Å²) in [7, 11) is 0. The van der Waals surface area contributed by atoms with Gasteiger partial charge in [-0.25, -0.2) is 13.5 Å². The van der Waals surface area contributed by atoms with Gasteiger partial charge in [0.15, 0.2) is 0 Å². The minimum Gasteiger partial charge on any atom is -0.298 e. The van der Waals surface area contributed by atoms with Crippen molar-refractivity contribution in [2.24, 2.45) is 0 Å². The van der Waals surface area contributed by atoms with Gasteiger partial charge in [0.1, 0.15) is 0 Å². The lowest BCUT2D eigenvalue weighted by atomic mass is 10.1. The van der Waals surface area contributed by atoms with E-state index in [4.69, 9.17) is 0 Å². The number of alkyl halides is 2. The molecule has 102 valence electrons. The summed E-state index contributed by atoms with van der Waals surface area (Å²) in [6.07, 6.45) is 1.49. The zero-order chi connectivity index (χ0) is 13.1. The minimum atomic E-state index is -2.24. The van der Waals surface area contributed by atoms with E-state index < -0.39 is 6.43 Å². The number of halogens is 2. The third-order valence-corrected chi connectivity index (χ3v) is 3.45. The molecule has 2 rings (SSSR count). The molecule has 0 aliphatic carbocycles. The van der Waals surface area contributed by atoms with Gasteiger partial charge >= 0.3 is 0 Å². The van der Waals surface area contributed by atoms with Crippen LogP contribution in [0.4, 0.5) is 8.78 Å². The number of hydrogen-bond donors (Lipinski definition) is 0. The summed E-state index contributed by atoms with van der Waals surface area (Å²) in [5.41, 5.74) is 0.991. The van der Waals surface area contributed by atoms with Crippen LogP contribution < -0.4 is 0 Å². The van der Waals surface area contributed by atoms with Crippen molar-refractivity contribution in [3.05, 3.63) is 11.9 Å². The van der Waals surface area contributed by atoms with Crippen LogP contribution in [0.3, 0.4) is 0 Å². The predicted molar refractivity (Wildman–Crippen MR) is 64.8 cm³/mol. The van der Waals surface area contributed by atoms with Crippen LogP contribution in [0.5, 0.6) is 0 Å². The van der Waals surface area contributed by atoms with Gasteiger partial charge in [-0.15, -0.1) is 5.10 Å². The second-order valence-electron chi connectivity index (χ2n) is 5.20. The van der Waals surface area contributed by atoms with E-state index in [1.54, 1.807) is 0 Å². The smallest absolute Gasteiger partial charge is 0.251 e. The lowest BCUT2D eigenvalue weighted by Crippen LogP contribution is -2.37. The van der Waals surface area contributed by atoms with Gasteiger partial charge in [0, 0.05) is 19.3 Å². The Morgan fingerprint density at radius 3 is 2.50 bits per heavy atom. The van der Waals surface area contributed by atoms with Crippen molar-refractivity contribution >= 4 is 0 Å². The number of aromatic nitrogens is 3. The van der Waals surface area contributed by atoms with Crippen LogP contribution in [0.2, 0.25) is 0 Å². The molecule has 18 heavy (non-hydrogen) atoms. The first-order valence-corrected chi connectivity index (χ1v) is 6.48. The molecule has 6 heteroatoms. The van der Waals surface area contributed by atoms with Crippen LogP contribution in [0.1, 0.15) is 44.3 Å². The van der Waals surface area contributed by atoms with Gasteiger partial charge in [0.05, 0.1) is 18.3 Å². The fourth-order valence-electron chi connectivity index (χ4n) is 2.30. The number of nitrogens with zero attached hydrogens (tertiary/aromatic N) is 4. The lowest BCUT2D eigenvalue weighted by Gasteiger charge is -2.31. The lowest BCUT2D eigenvalue weighted by molar-refractivity contribution is 0.0688. The van der Waals surface area contributed by atoms with Gasteiger partial charge in [0.2, 0.25) is 0 Å². The molecule has 2 heterocycles. The van der Waals surface area contributed by atoms with Crippen molar-refractivity contribution in [2.75, 3.05) is 19.6 Å². The normalized spacial score (nSPS) is 19.0. The maximum absolute atomic E-state index is 12.3. The van der Waals surface area contributed by atoms with Gasteiger partial charge in [-0.1, -0.05) is 19.1 Å². The van der Waals surface area contributed by atoms with Crippen LogP contribution in [0, 0.1) is 0 Å². The first-order chi connectivity index (χ1) is 8.56. The van der Waals surface area contributed by atoms with E-state index >= 15 is 0 Å².